The molecule has 9 nitrogen and oxygen atoms in total. The summed E-state index contributed by atoms with van der Waals surface area (Å²) in [5, 5.41) is 3.13. The molecule has 0 aliphatic carbocycles. The van der Waals surface area contributed by atoms with Gasteiger partial charge in [0.05, 0.1) is 29.8 Å². The average Bonchev–Trinajstić information content (AvgIpc) is 3.05. The molecule has 11 heteroatoms. The maximum absolute atomic E-state index is 14.6. The third-order valence-electron chi connectivity index (χ3n) is 7.50. The summed E-state index contributed by atoms with van der Waals surface area (Å²) < 4.78 is 40.2. The summed E-state index contributed by atoms with van der Waals surface area (Å²) in [6, 6.07) is 26.3. The van der Waals surface area contributed by atoms with E-state index in [1.54, 1.807) is 43.5 Å². The van der Waals surface area contributed by atoms with Crippen molar-refractivity contribution in [2.75, 3.05) is 25.1 Å². The lowest BCUT2D eigenvalue weighted by Crippen LogP contribution is -2.54. The third kappa shape index (κ3) is 9.05. The smallest absolute Gasteiger partial charge is 0.264 e. The second kappa shape index (κ2) is 15.8. The fourth-order valence-corrected chi connectivity index (χ4v) is 6.74. The molecule has 1 atom stereocenters. The molecule has 0 aliphatic heterocycles. The number of nitrogens with zero attached hydrogens (tertiary/aromatic N) is 2. The summed E-state index contributed by atoms with van der Waals surface area (Å²) in [4.78, 5) is 29.9. The molecule has 0 unspecified atom stereocenters. The van der Waals surface area contributed by atoms with Crippen LogP contribution < -0.4 is 19.1 Å². The zero-order chi connectivity index (χ0) is 34.1. The molecular weight excluding hydrogens is 638 g/mol. The predicted octanol–water partition coefficient (Wildman–Crippen LogP) is 6.03. The van der Waals surface area contributed by atoms with E-state index in [9.17, 15) is 18.0 Å². The summed E-state index contributed by atoms with van der Waals surface area (Å²) in [6.07, 6.45) is 0.203. The molecule has 4 rings (SSSR count). The molecule has 0 saturated carbocycles. The van der Waals surface area contributed by atoms with Gasteiger partial charge in [0, 0.05) is 19.0 Å². The molecule has 0 heterocycles. The van der Waals surface area contributed by atoms with E-state index in [1.807, 2.05) is 57.2 Å². The fourth-order valence-electron chi connectivity index (χ4n) is 5.08. The Kier molecular flexibility index (Phi) is 11.9. The Morgan fingerprint density at radius 1 is 0.851 bits per heavy atom. The lowest BCUT2D eigenvalue weighted by Gasteiger charge is -2.34. The van der Waals surface area contributed by atoms with Crippen LogP contribution in [0, 0.1) is 6.92 Å². The van der Waals surface area contributed by atoms with Gasteiger partial charge < -0.3 is 19.7 Å². The largest absolute Gasteiger partial charge is 0.497 e. The maximum atomic E-state index is 14.6. The number of anilines is 1. The summed E-state index contributed by atoms with van der Waals surface area (Å²) >= 11 is 6.45. The number of amides is 2. The van der Waals surface area contributed by atoms with E-state index >= 15 is 0 Å². The van der Waals surface area contributed by atoms with Crippen molar-refractivity contribution in [3.63, 3.8) is 0 Å². The Balaban J connectivity index is 1.84. The van der Waals surface area contributed by atoms with Crippen molar-refractivity contribution in [2.24, 2.45) is 0 Å². The highest BCUT2D eigenvalue weighted by molar-refractivity contribution is 7.92. The quantitative estimate of drug-likeness (QED) is 0.175. The van der Waals surface area contributed by atoms with Crippen molar-refractivity contribution >= 4 is 39.1 Å². The van der Waals surface area contributed by atoms with E-state index in [0.29, 0.717) is 17.1 Å². The molecule has 248 valence electrons. The van der Waals surface area contributed by atoms with Crippen molar-refractivity contribution in [3.05, 3.63) is 119 Å². The summed E-state index contributed by atoms with van der Waals surface area (Å²) in [5.41, 5.74) is 2.58. The number of ether oxygens (including phenoxy) is 2. The molecule has 1 N–H and O–H groups in total. The highest BCUT2D eigenvalue weighted by Crippen LogP contribution is 2.32. The molecule has 47 heavy (non-hydrogen) atoms. The van der Waals surface area contributed by atoms with E-state index in [4.69, 9.17) is 21.1 Å². The minimum Gasteiger partial charge on any atom is -0.497 e. The third-order valence-corrected chi connectivity index (χ3v) is 9.58. The maximum Gasteiger partial charge on any atom is 0.264 e. The first-order valence-electron chi connectivity index (χ1n) is 15.1. The van der Waals surface area contributed by atoms with Crippen LogP contribution in [0.15, 0.2) is 102 Å². The van der Waals surface area contributed by atoms with Gasteiger partial charge in [-0.3, -0.25) is 13.9 Å². The Morgan fingerprint density at radius 2 is 1.53 bits per heavy atom. The summed E-state index contributed by atoms with van der Waals surface area (Å²) in [7, 11) is -1.28. The average molecular weight is 678 g/mol. The van der Waals surface area contributed by atoms with E-state index in [2.05, 4.69) is 5.32 Å². The molecule has 0 spiro atoms. The highest BCUT2D eigenvalue weighted by Gasteiger charge is 2.35. The second-order valence-electron chi connectivity index (χ2n) is 11.4. The predicted molar refractivity (Wildman–Crippen MR) is 184 cm³/mol. The first kappa shape index (κ1) is 35.3. The van der Waals surface area contributed by atoms with E-state index < -0.39 is 28.5 Å². The van der Waals surface area contributed by atoms with Crippen LogP contribution in [-0.2, 0) is 32.6 Å². The Hall–Kier alpha value is -4.54. The number of aryl methyl sites for hydroxylation is 1. The van der Waals surface area contributed by atoms with E-state index in [1.165, 1.54) is 36.3 Å². The number of hydrogen-bond acceptors (Lipinski definition) is 6. The molecule has 0 aromatic heterocycles. The number of carbonyl (C=O) groups is 2. The molecule has 0 radical (unpaired) electrons. The minimum absolute atomic E-state index is 0.000530. The molecule has 0 fully saturated rings. The van der Waals surface area contributed by atoms with Gasteiger partial charge in [0.1, 0.15) is 24.1 Å². The van der Waals surface area contributed by atoms with Crippen LogP contribution in [0.3, 0.4) is 0 Å². The number of sulfonamides is 1. The normalized spacial score (nSPS) is 11.9. The number of methoxy groups -OCH3 is 2. The Morgan fingerprint density at radius 3 is 2.15 bits per heavy atom. The van der Waals surface area contributed by atoms with Crippen molar-refractivity contribution in [1.82, 2.24) is 10.2 Å². The van der Waals surface area contributed by atoms with Gasteiger partial charge in [-0.05, 0) is 74.4 Å². The molecule has 0 bridgehead atoms. The molecule has 4 aromatic rings. The van der Waals surface area contributed by atoms with Gasteiger partial charge in [-0.25, -0.2) is 8.42 Å². The number of nitrogens with one attached hydrogen (secondary N) is 1. The summed E-state index contributed by atoms with van der Waals surface area (Å²) in [6.45, 7) is 4.94. The van der Waals surface area contributed by atoms with Crippen LogP contribution >= 0.6 is 11.6 Å². The zero-order valence-corrected chi connectivity index (χ0v) is 28.7. The van der Waals surface area contributed by atoms with E-state index in [-0.39, 0.29) is 40.5 Å². The number of hydrogen-bond donors (Lipinski definition) is 1. The summed E-state index contributed by atoms with van der Waals surface area (Å²) in [5.74, 6) is -0.0178. The van der Waals surface area contributed by atoms with Gasteiger partial charge in [-0.15, -0.1) is 0 Å². The van der Waals surface area contributed by atoms with Crippen molar-refractivity contribution < 1.29 is 27.5 Å². The van der Waals surface area contributed by atoms with Gasteiger partial charge in [-0.1, -0.05) is 71.8 Å². The molecular formula is C36H40ClN3O6S. The van der Waals surface area contributed by atoms with Crippen molar-refractivity contribution in [2.45, 2.75) is 50.7 Å². The van der Waals surface area contributed by atoms with Crippen LogP contribution in [0.5, 0.6) is 11.5 Å². The molecule has 0 aliphatic rings. The van der Waals surface area contributed by atoms with Crippen LogP contribution in [0.25, 0.3) is 0 Å². The number of halogens is 1. The van der Waals surface area contributed by atoms with Crippen LogP contribution in [0.1, 0.15) is 30.5 Å². The Labute approximate surface area is 282 Å². The van der Waals surface area contributed by atoms with Crippen molar-refractivity contribution in [3.8, 4) is 11.5 Å². The SMILES string of the molecule is COc1cccc(CN(C(=O)CN(c2ccc(OC)c(Cl)c2)S(=O)(=O)c2ccc(C)cc2)[C@@H](Cc2ccccc2)C(=O)NC(C)C)c1. The monoisotopic (exact) mass is 677 g/mol. The first-order chi connectivity index (χ1) is 22.4. The standard InChI is InChI=1S/C36H40ClN3O6S/c1-25(2)38-36(42)33(21-27-10-7-6-8-11-27)39(23-28-12-9-13-30(20-28)45-4)35(41)24-40(29-16-19-34(46-5)32(37)22-29)47(43,44)31-17-14-26(3)15-18-31/h6-20,22,25,33H,21,23-24H2,1-5H3,(H,38,42)/t33-/m0/s1. The second-order valence-corrected chi connectivity index (χ2v) is 13.7. The lowest BCUT2D eigenvalue weighted by molar-refractivity contribution is -0.140. The van der Waals surface area contributed by atoms with Gasteiger partial charge in [-0.2, -0.15) is 0 Å². The van der Waals surface area contributed by atoms with Crippen LogP contribution in [0.2, 0.25) is 5.02 Å². The van der Waals surface area contributed by atoms with Crippen LogP contribution in [-0.4, -0.2) is 58.0 Å². The Bertz CT molecular complexity index is 1780. The molecule has 2 amide bonds. The number of benzene rings is 4. The van der Waals surface area contributed by atoms with Crippen molar-refractivity contribution in [1.29, 1.82) is 0 Å². The molecule has 0 saturated heterocycles. The van der Waals surface area contributed by atoms with Crippen LogP contribution in [0.4, 0.5) is 5.69 Å². The topological polar surface area (TPSA) is 105 Å². The van der Waals surface area contributed by atoms with Gasteiger partial charge in [0.15, 0.2) is 0 Å². The fraction of sp³-hybridized carbons (Fsp3) is 0.278. The number of rotatable bonds is 14. The first-order valence-corrected chi connectivity index (χ1v) is 16.9. The van der Waals surface area contributed by atoms with E-state index in [0.717, 1.165) is 15.4 Å². The molecule has 4 aromatic carbocycles. The van der Waals surface area contributed by atoms with Gasteiger partial charge in [0.2, 0.25) is 11.8 Å². The number of carbonyl (C=O) groups excluding carboxylic acids is 2. The lowest BCUT2D eigenvalue weighted by atomic mass is 10.0. The zero-order valence-electron chi connectivity index (χ0n) is 27.1. The van der Waals surface area contributed by atoms with Gasteiger partial charge >= 0.3 is 0 Å². The highest BCUT2D eigenvalue weighted by atomic mass is 35.5. The minimum atomic E-state index is -4.28. The van der Waals surface area contributed by atoms with Gasteiger partial charge in [0.25, 0.3) is 10.0 Å².